The fourth-order valence-electron chi connectivity index (χ4n) is 8.68. The Kier molecular flexibility index (Phi) is 27.8. The Morgan fingerprint density at radius 3 is 0.838 bits per heavy atom. The molecular formula is C60H86N8O6. The van der Waals surface area contributed by atoms with Crippen LogP contribution >= 0.6 is 0 Å². The summed E-state index contributed by atoms with van der Waals surface area (Å²) in [5.41, 5.74) is 16.1. The summed E-state index contributed by atoms with van der Waals surface area (Å²) in [6.45, 7) is 8.73. The molecule has 402 valence electrons. The summed E-state index contributed by atoms with van der Waals surface area (Å²) >= 11 is 0. The molecular weight excluding hydrogens is 929 g/mol. The zero-order chi connectivity index (χ0) is 53.5. The van der Waals surface area contributed by atoms with Crippen molar-refractivity contribution in [2.45, 2.75) is 167 Å². The van der Waals surface area contributed by atoms with Crippen LogP contribution in [0.2, 0.25) is 0 Å². The molecule has 0 radical (unpaired) electrons. The summed E-state index contributed by atoms with van der Waals surface area (Å²) in [6.07, 6.45) is 12.7. The second kappa shape index (κ2) is 34.2. The van der Waals surface area contributed by atoms with Crippen molar-refractivity contribution in [1.82, 2.24) is 31.9 Å². The summed E-state index contributed by atoms with van der Waals surface area (Å²) < 4.78 is 0. The van der Waals surface area contributed by atoms with Crippen LogP contribution in [0.25, 0.3) is 0 Å². The van der Waals surface area contributed by atoms with Gasteiger partial charge >= 0.3 is 0 Å². The van der Waals surface area contributed by atoms with Gasteiger partial charge in [-0.1, -0.05) is 213 Å². The second-order valence-corrected chi connectivity index (χ2v) is 19.9. The van der Waals surface area contributed by atoms with Crippen LogP contribution in [0, 0.1) is 11.8 Å². The quantitative estimate of drug-likeness (QED) is 0.0229. The maximum atomic E-state index is 13.9. The number of rotatable bonds is 35. The molecule has 10 N–H and O–H groups in total. The predicted molar refractivity (Wildman–Crippen MR) is 295 cm³/mol. The van der Waals surface area contributed by atoms with E-state index in [0.717, 1.165) is 99.3 Å². The van der Waals surface area contributed by atoms with E-state index in [9.17, 15) is 28.8 Å². The van der Waals surface area contributed by atoms with E-state index in [1.54, 1.807) is 0 Å². The van der Waals surface area contributed by atoms with Crippen LogP contribution < -0.4 is 43.4 Å². The maximum Gasteiger partial charge on any atom is 0.243 e. The topological polar surface area (TPSA) is 227 Å². The Morgan fingerprint density at radius 1 is 0.351 bits per heavy atom. The Bertz CT molecular complexity index is 2090. The van der Waals surface area contributed by atoms with E-state index in [4.69, 9.17) is 11.5 Å². The highest BCUT2D eigenvalue weighted by Crippen LogP contribution is 2.14. The molecule has 0 aliphatic carbocycles. The van der Waals surface area contributed by atoms with E-state index < -0.39 is 59.9 Å². The molecule has 0 unspecified atom stereocenters. The summed E-state index contributed by atoms with van der Waals surface area (Å²) in [7, 11) is 0. The van der Waals surface area contributed by atoms with E-state index in [0.29, 0.717) is 25.9 Å². The molecule has 0 saturated heterocycles. The number of amides is 6. The number of nitrogens with one attached hydrogen (secondary N) is 6. The van der Waals surface area contributed by atoms with E-state index in [1.165, 1.54) is 0 Å². The van der Waals surface area contributed by atoms with Crippen LogP contribution in [0.4, 0.5) is 0 Å². The van der Waals surface area contributed by atoms with Crippen molar-refractivity contribution < 1.29 is 28.8 Å². The standard InChI is InChI=1S/C60H86N8O6/c1-5-43(3)53(61)59(73)67-51(41-47-33-23-17-24-34-47)57(71)65-49(39-45-29-19-15-20-30-45)55(69)63-37-27-13-11-9-7-8-10-12-14-28-38-64-56(70)50(40-46-31-21-16-22-32-46)66-58(72)52(42-48-35-25-18-26-36-48)68-60(74)54(62)44(4)6-2/h15-26,29-36,43-44,49-54H,5-14,27-28,37-42,61-62H2,1-4H3,(H,63,69)(H,64,70)(H,65,71)(H,66,72)(H,67,73)(H,68,74)/t43-,44-,49-,50-,51-,52-,53-,54-/m0/s1. The van der Waals surface area contributed by atoms with Crippen LogP contribution in [0.3, 0.4) is 0 Å². The number of hydrogen-bond donors (Lipinski definition) is 8. The molecule has 0 saturated carbocycles. The van der Waals surface area contributed by atoms with Gasteiger partial charge in [0, 0.05) is 38.8 Å². The number of carbonyl (C=O) groups excluding carboxylic acids is 6. The lowest BCUT2D eigenvalue weighted by atomic mass is 9.98. The normalized spacial score (nSPS) is 14.4. The Balaban J connectivity index is 1.17. The molecule has 14 heteroatoms. The van der Waals surface area contributed by atoms with Gasteiger partial charge in [-0.05, 0) is 46.9 Å². The number of unbranched alkanes of at least 4 members (excludes halogenated alkanes) is 9. The molecule has 0 spiro atoms. The molecule has 14 nitrogen and oxygen atoms in total. The molecule has 6 amide bonds. The van der Waals surface area contributed by atoms with Crippen LogP contribution in [0.15, 0.2) is 121 Å². The van der Waals surface area contributed by atoms with E-state index in [-0.39, 0.29) is 36.5 Å². The number of benzene rings is 4. The van der Waals surface area contributed by atoms with Gasteiger partial charge in [0.25, 0.3) is 0 Å². The first-order valence-electron chi connectivity index (χ1n) is 27.2. The molecule has 4 aromatic carbocycles. The number of carbonyl (C=O) groups is 6. The Labute approximate surface area is 441 Å². The van der Waals surface area contributed by atoms with E-state index >= 15 is 0 Å². The molecule has 0 aliphatic heterocycles. The van der Waals surface area contributed by atoms with Crippen LogP contribution in [-0.2, 0) is 54.5 Å². The highest BCUT2D eigenvalue weighted by Gasteiger charge is 2.31. The summed E-state index contributed by atoms with van der Waals surface area (Å²) in [5, 5.41) is 17.8. The maximum absolute atomic E-state index is 13.9. The Morgan fingerprint density at radius 2 is 0.581 bits per heavy atom. The van der Waals surface area contributed by atoms with Gasteiger partial charge in [-0.3, -0.25) is 28.8 Å². The van der Waals surface area contributed by atoms with Gasteiger partial charge in [-0.2, -0.15) is 0 Å². The van der Waals surface area contributed by atoms with Gasteiger partial charge in [0.2, 0.25) is 35.4 Å². The molecule has 0 heterocycles. The molecule has 0 aromatic heterocycles. The smallest absolute Gasteiger partial charge is 0.243 e. The summed E-state index contributed by atoms with van der Waals surface area (Å²) in [4.78, 5) is 81.4. The first-order valence-corrected chi connectivity index (χ1v) is 27.2. The van der Waals surface area contributed by atoms with Crippen LogP contribution in [0.5, 0.6) is 0 Å². The minimum absolute atomic E-state index is 0.0656. The van der Waals surface area contributed by atoms with Gasteiger partial charge < -0.3 is 43.4 Å². The van der Waals surface area contributed by atoms with Crippen molar-refractivity contribution in [3.05, 3.63) is 144 Å². The van der Waals surface area contributed by atoms with Crippen molar-refractivity contribution in [2.24, 2.45) is 23.3 Å². The number of hydrogen-bond acceptors (Lipinski definition) is 8. The molecule has 4 rings (SSSR count). The first kappa shape index (κ1) is 60.2. The SMILES string of the molecule is CC[C@H](C)[C@H](N)C(=O)N[C@@H](Cc1ccccc1)C(=O)N[C@@H](Cc1ccccc1)C(=O)NCCCCCCCCCCCCNC(=O)[C@H](Cc1ccccc1)NC(=O)[C@H](Cc1ccccc1)NC(=O)[C@@H](N)[C@@H](C)CC. The third-order valence-corrected chi connectivity index (χ3v) is 14.0. The highest BCUT2D eigenvalue weighted by atomic mass is 16.2. The minimum Gasteiger partial charge on any atom is -0.354 e. The van der Waals surface area contributed by atoms with Gasteiger partial charge in [-0.15, -0.1) is 0 Å². The van der Waals surface area contributed by atoms with Gasteiger partial charge in [0.1, 0.15) is 24.2 Å². The average molecular weight is 1020 g/mol. The lowest BCUT2D eigenvalue weighted by Gasteiger charge is -2.25. The van der Waals surface area contributed by atoms with Gasteiger partial charge in [0.15, 0.2) is 0 Å². The second-order valence-electron chi connectivity index (χ2n) is 19.9. The molecule has 74 heavy (non-hydrogen) atoms. The van der Waals surface area contributed by atoms with Crippen molar-refractivity contribution >= 4 is 35.4 Å². The molecule has 0 aliphatic rings. The van der Waals surface area contributed by atoms with Gasteiger partial charge in [-0.25, -0.2) is 0 Å². The van der Waals surface area contributed by atoms with Crippen molar-refractivity contribution in [2.75, 3.05) is 13.1 Å². The largest absolute Gasteiger partial charge is 0.354 e. The van der Waals surface area contributed by atoms with Crippen molar-refractivity contribution in [3.8, 4) is 0 Å². The fraction of sp³-hybridized carbons (Fsp3) is 0.500. The van der Waals surface area contributed by atoms with E-state index in [1.807, 2.05) is 149 Å². The molecule has 0 bridgehead atoms. The third kappa shape index (κ3) is 22.4. The number of nitrogens with two attached hydrogens (primary N) is 2. The lowest BCUT2D eigenvalue weighted by molar-refractivity contribution is -0.132. The van der Waals surface area contributed by atoms with Crippen LogP contribution in [0.1, 0.15) is 127 Å². The molecule has 8 atom stereocenters. The summed E-state index contributed by atoms with van der Waals surface area (Å²) in [6, 6.07) is 33.0. The summed E-state index contributed by atoms with van der Waals surface area (Å²) in [5.74, 6) is -2.35. The fourth-order valence-corrected chi connectivity index (χ4v) is 8.68. The minimum atomic E-state index is -0.918. The zero-order valence-corrected chi connectivity index (χ0v) is 44.5. The van der Waals surface area contributed by atoms with Gasteiger partial charge in [0.05, 0.1) is 12.1 Å². The first-order chi connectivity index (χ1) is 35.8. The molecule has 4 aromatic rings. The zero-order valence-electron chi connectivity index (χ0n) is 44.5. The third-order valence-electron chi connectivity index (χ3n) is 14.0. The molecule has 0 fully saturated rings. The highest BCUT2D eigenvalue weighted by molar-refractivity contribution is 5.94. The van der Waals surface area contributed by atoms with Crippen molar-refractivity contribution in [3.63, 3.8) is 0 Å². The van der Waals surface area contributed by atoms with E-state index in [2.05, 4.69) is 31.9 Å². The Hall–Kier alpha value is -6.38. The van der Waals surface area contributed by atoms with Crippen molar-refractivity contribution in [1.29, 1.82) is 0 Å². The predicted octanol–water partition coefficient (Wildman–Crippen LogP) is 6.78. The van der Waals surface area contributed by atoms with Crippen LogP contribution in [-0.4, -0.2) is 84.8 Å². The monoisotopic (exact) mass is 1010 g/mol. The lowest BCUT2D eigenvalue weighted by Crippen LogP contribution is -2.57. The average Bonchev–Trinajstić information content (AvgIpc) is 3.42.